The molecule has 2 heterocycles. The van der Waals surface area contributed by atoms with Crippen molar-refractivity contribution in [3.63, 3.8) is 0 Å². The lowest BCUT2D eigenvalue weighted by molar-refractivity contribution is -0.132. The number of Topliss-reactive ketones (excluding diaryl/α,β-unsaturated/α-hetero) is 1. The summed E-state index contributed by atoms with van der Waals surface area (Å²) in [5.74, 6) is -1.59. The number of anilines is 1. The zero-order valence-electron chi connectivity index (χ0n) is 15.8. The highest BCUT2D eigenvalue weighted by atomic mass is 35.5. The van der Waals surface area contributed by atoms with Crippen LogP contribution in [0.4, 0.5) is 5.69 Å². The molecule has 4 rings (SSSR count). The highest BCUT2D eigenvalue weighted by Gasteiger charge is 2.47. The number of aryl methyl sites for hydroxylation is 2. The van der Waals surface area contributed by atoms with E-state index in [1.165, 1.54) is 16.2 Å². The van der Waals surface area contributed by atoms with Crippen molar-refractivity contribution in [2.45, 2.75) is 19.9 Å². The Kier molecular flexibility index (Phi) is 5.03. The van der Waals surface area contributed by atoms with E-state index < -0.39 is 17.7 Å². The molecule has 1 N–H and O–H groups in total. The smallest absolute Gasteiger partial charge is 0.300 e. The Hall–Kier alpha value is -2.89. The fourth-order valence-electron chi connectivity index (χ4n) is 3.70. The molecule has 146 valence electrons. The Morgan fingerprint density at radius 1 is 1.03 bits per heavy atom. The first-order chi connectivity index (χ1) is 13.9. The number of hydrogen-bond acceptors (Lipinski definition) is 4. The second-order valence-corrected chi connectivity index (χ2v) is 8.46. The van der Waals surface area contributed by atoms with Gasteiger partial charge < -0.3 is 5.11 Å². The van der Waals surface area contributed by atoms with E-state index in [1.54, 1.807) is 24.3 Å². The molecule has 0 bridgehead atoms. The van der Waals surface area contributed by atoms with Gasteiger partial charge in [0, 0.05) is 21.2 Å². The van der Waals surface area contributed by atoms with Gasteiger partial charge in [-0.3, -0.25) is 14.5 Å². The number of benzene rings is 2. The zero-order valence-corrected chi connectivity index (χ0v) is 17.4. The quantitative estimate of drug-likeness (QED) is 0.336. The molecule has 1 aliphatic rings. The number of halogens is 1. The van der Waals surface area contributed by atoms with Gasteiger partial charge in [0.05, 0.1) is 5.57 Å². The van der Waals surface area contributed by atoms with Crippen LogP contribution in [0.3, 0.4) is 0 Å². The number of carbonyl (C=O) groups excluding carboxylic acids is 2. The molecule has 0 spiro atoms. The minimum absolute atomic E-state index is 0.0684. The van der Waals surface area contributed by atoms with Crippen LogP contribution in [0, 0.1) is 13.8 Å². The van der Waals surface area contributed by atoms with Crippen LogP contribution in [0.15, 0.2) is 65.6 Å². The number of nitrogens with zero attached hydrogens (tertiary/aromatic N) is 1. The van der Waals surface area contributed by atoms with Crippen LogP contribution in [-0.4, -0.2) is 16.8 Å². The molecule has 4 nitrogen and oxygen atoms in total. The predicted octanol–water partition coefficient (Wildman–Crippen LogP) is 5.64. The fourth-order valence-corrected chi connectivity index (χ4v) is 4.71. The highest BCUT2D eigenvalue weighted by molar-refractivity contribution is 7.10. The molecule has 1 aromatic heterocycles. The summed E-state index contributed by atoms with van der Waals surface area (Å²) in [5, 5.41) is 13.3. The zero-order chi connectivity index (χ0) is 20.7. The monoisotopic (exact) mass is 423 g/mol. The van der Waals surface area contributed by atoms with E-state index in [1.807, 2.05) is 49.6 Å². The second-order valence-electron chi connectivity index (χ2n) is 7.04. The van der Waals surface area contributed by atoms with Crippen molar-refractivity contribution in [2.75, 3.05) is 4.90 Å². The van der Waals surface area contributed by atoms with E-state index in [0.29, 0.717) is 16.3 Å². The number of rotatable bonds is 3. The van der Waals surface area contributed by atoms with Gasteiger partial charge in [-0.05, 0) is 60.7 Å². The third-order valence-electron chi connectivity index (χ3n) is 4.84. The predicted molar refractivity (Wildman–Crippen MR) is 116 cm³/mol. The summed E-state index contributed by atoms with van der Waals surface area (Å²) in [5.41, 5.74) is 3.08. The third kappa shape index (κ3) is 3.48. The number of hydrogen-bond donors (Lipinski definition) is 1. The van der Waals surface area contributed by atoms with Gasteiger partial charge in [-0.15, -0.1) is 11.3 Å². The molecule has 1 atom stereocenters. The number of aliphatic hydroxyl groups is 1. The van der Waals surface area contributed by atoms with Crippen LogP contribution < -0.4 is 4.90 Å². The van der Waals surface area contributed by atoms with E-state index in [9.17, 15) is 14.7 Å². The van der Waals surface area contributed by atoms with Crippen molar-refractivity contribution in [3.05, 3.63) is 92.1 Å². The molecule has 1 saturated heterocycles. The molecule has 1 aliphatic heterocycles. The molecule has 0 saturated carbocycles. The van der Waals surface area contributed by atoms with Crippen molar-refractivity contribution >= 4 is 46.1 Å². The molecule has 3 aromatic rings. The first-order valence-electron chi connectivity index (χ1n) is 9.05. The van der Waals surface area contributed by atoms with E-state index in [-0.39, 0.29) is 11.3 Å². The van der Waals surface area contributed by atoms with Gasteiger partial charge in [-0.2, -0.15) is 0 Å². The van der Waals surface area contributed by atoms with Gasteiger partial charge in [0.1, 0.15) is 11.8 Å². The summed E-state index contributed by atoms with van der Waals surface area (Å²) in [6.45, 7) is 3.89. The maximum absolute atomic E-state index is 13.1. The van der Waals surface area contributed by atoms with Crippen LogP contribution in [0.1, 0.15) is 27.6 Å². The maximum atomic E-state index is 13.1. The largest absolute Gasteiger partial charge is 0.507 e. The Balaban J connectivity index is 1.95. The highest BCUT2D eigenvalue weighted by Crippen LogP contribution is 2.44. The van der Waals surface area contributed by atoms with Crippen LogP contribution in [0.5, 0.6) is 0 Å². The number of amides is 1. The molecule has 6 heteroatoms. The topological polar surface area (TPSA) is 57.6 Å². The summed E-state index contributed by atoms with van der Waals surface area (Å²) < 4.78 is 0. The van der Waals surface area contributed by atoms with E-state index in [2.05, 4.69) is 0 Å². The van der Waals surface area contributed by atoms with Crippen molar-refractivity contribution < 1.29 is 14.7 Å². The number of carbonyl (C=O) groups is 2. The molecule has 1 amide bonds. The fraction of sp³-hybridized carbons (Fsp3) is 0.130. The van der Waals surface area contributed by atoms with Gasteiger partial charge in [0.2, 0.25) is 0 Å². The molecule has 29 heavy (non-hydrogen) atoms. The van der Waals surface area contributed by atoms with E-state index >= 15 is 0 Å². The minimum atomic E-state index is -0.708. The normalized spacial score (nSPS) is 18.4. The number of ketones is 1. The average molecular weight is 424 g/mol. The second kappa shape index (κ2) is 7.50. The molecule has 0 aliphatic carbocycles. The molecule has 0 radical (unpaired) electrons. The van der Waals surface area contributed by atoms with Gasteiger partial charge >= 0.3 is 0 Å². The van der Waals surface area contributed by atoms with Crippen molar-refractivity contribution in [1.82, 2.24) is 0 Å². The van der Waals surface area contributed by atoms with E-state index in [4.69, 9.17) is 11.6 Å². The molecule has 1 unspecified atom stereocenters. The lowest BCUT2D eigenvalue weighted by atomic mass is 9.99. The van der Waals surface area contributed by atoms with Crippen LogP contribution >= 0.6 is 22.9 Å². The summed E-state index contributed by atoms with van der Waals surface area (Å²) >= 11 is 7.50. The molecular weight excluding hydrogens is 406 g/mol. The van der Waals surface area contributed by atoms with Gasteiger partial charge in [-0.25, -0.2) is 0 Å². The van der Waals surface area contributed by atoms with Crippen molar-refractivity contribution in [1.29, 1.82) is 0 Å². The Labute approximate surface area is 177 Å². The average Bonchev–Trinajstić information content (AvgIpc) is 3.28. The van der Waals surface area contributed by atoms with Crippen molar-refractivity contribution in [3.8, 4) is 0 Å². The van der Waals surface area contributed by atoms with Crippen LogP contribution in [0.2, 0.25) is 5.02 Å². The Bertz CT molecular complexity index is 1130. The number of thiophene rings is 1. The SMILES string of the molecule is Cc1cc(C)cc(N2C(=O)C(=O)/C(=C(\O)c3cccc(Cl)c3)C2c2cccs2)c1. The summed E-state index contributed by atoms with van der Waals surface area (Å²) in [6, 6.07) is 15.4. The lowest BCUT2D eigenvalue weighted by Gasteiger charge is -2.25. The molecule has 2 aromatic carbocycles. The van der Waals surface area contributed by atoms with Gasteiger partial charge in [-0.1, -0.05) is 35.9 Å². The van der Waals surface area contributed by atoms with Crippen molar-refractivity contribution in [2.24, 2.45) is 0 Å². The van der Waals surface area contributed by atoms with Crippen LogP contribution in [-0.2, 0) is 9.59 Å². The minimum Gasteiger partial charge on any atom is -0.507 e. The Morgan fingerprint density at radius 2 is 1.76 bits per heavy atom. The standard InChI is InChI=1S/C23H18ClNO3S/c1-13-9-14(2)11-17(10-13)25-20(18-7-4-8-29-18)19(22(27)23(25)28)21(26)15-5-3-6-16(24)12-15/h3-12,20,26H,1-2H3/b21-19-. The molecule has 1 fully saturated rings. The van der Waals surface area contributed by atoms with E-state index in [0.717, 1.165) is 16.0 Å². The number of aliphatic hydroxyl groups excluding tert-OH is 1. The lowest BCUT2D eigenvalue weighted by Crippen LogP contribution is -2.29. The first kappa shape index (κ1) is 19.4. The van der Waals surface area contributed by atoms with Crippen LogP contribution in [0.25, 0.3) is 5.76 Å². The summed E-state index contributed by atoms with van der Waals surface area (Å²) in [4.78, 5) is 28.4. The summed E-state index contributed by atoms with van der Waals surface area (Å²) in [7, 11) is 0. The third-order valence-corrected chi connectivity index (χ3v) is 6.00. The maximum Gasteiger partial charge on any atom is 0.300 e. The Morgan fingerprint density at radius 3 is 2.38 bits per heavy atom. The first-order valence-corrected chi connectivity index (χ1v) is 10.3. The van der Waals surface area contributed by atoms with Gasteiger partial charge in [0.15, 0.2) is 0 Å². The molecular formula is C23H18ClNO3S. The van der Waals surface area contributed by atoms with Gasteiger partial charge in [0.25, 0.3) is 11.7 Å². The summed E-state index contributed by atoms with van der Waals surface area (Å²) in [6.07, 6.45) is 0.